The van der Waals surface area contributed by atoms with E-state index in [0.717, 1.165) is 0 Å². The van der Waals surface area contributed by atoms with Gasteiger partial charge in [-0.05, 0) is 58.0 Å². The van der Waals surface area contributed by atoms with Crippen molar-refractivity contribution < 1.29 is 8.78 Å². The lowest BCUT2D eigenvalue weighted by Gasteiger charge is -1.97. The molecule has 0 saturated heterocycles. The van der Waals surface area contributed by atoms with Gasteiger partial charge < -0.3 is 0 Å². The first-order valence-corrected chi connectivity index (χ1v) is 4.68. The molecule has 4 heteroatoms. The first kappa shape index (κ1) is 9.32. The largest absolute Gasteiger partial charge is 0.236 e. The van der Waals surface area contributed by atoms with Crippen LogP contribution in [0, 0.1) is 0 Å². The van der Waals surface area contributed by atoms with Crippen molar-refractivity contribution in [2.45, 2.75) is 21.2 Å². The van der Waals surface area contributed by atoms with Crippen LogP contribution in [0.5, 0.6) is 0 Å². The van der Waals surface area contributed by atoms with Crippen molar-refractivity contribution in [2.24, 2.45) is 0 Å². The third-order valence-corrected chi connectivity index (χ3v) is 1.85. The predicted molar refractivity (Wildman–Crippen MR) is 47.1 cm³/mol. The molecule has 0 heterocycles. The van der Waals surface area contributed by atoms with Crippen LogP contribution in [0.1, 0.15) is 12.8 Å². The molecule has 0 aliphatic carbocycles. The normalized spacial score (nSPS) is 18.0. The summed E-state index contributed by atoms with van der Waals surface area (Å²) >= 11 is 3.28. The Hall–Kier alpha value is 1.32. The van der Waals surface area contributed by atoms with Crippen molar-refractivity contribution >= 4 is 45.2 Å². The molecule has 0 aromatic rings. The zero-order valence-corrected chi connectivity index (χ0v) is 8.40. The van der Waals surface area contributed by atoms with E-state index in [4.69, 9.17) is 0 Å². The van der Waals surface area contributed by atoms with Crippen molar-refractivity contribution in [3.05, 3.63) is 0 Å². The van der Waals surface area contributed by atoms with E-state index in [2.05, 4.69) is 0 Å². The maximum absolute atomic E-state index is 11.9. The van der Waals surface area contributed by atoms with Gasteiger partial charge in [-0.2, -0.15) is 0 Å². The minimum absolute atomic E-state index is 0.324. The summed E-state index contributed by atoms with van der Waals surface area (Å²) < 4.78 is 22.0. The van der Waals surface area contributed by atoms with Crippen LogP contribution in [0.2, 0.25) is 0 Å². The Morgan fingerprint density at radius 3 is 1.38 bits per heavy atom. The van der Waals surface area contributed by atoms with Gasteiger partial charge in [0.1, 0.15) is 0 Å². The second-order valence-corrected chi connectivity index (χ2v) is 4.06. The molecular formula is C4H6F2I2. The molecule has 50 valence electrons. The summed E-state index contributed by atoms with van der Waals surface area (Å²) in [6, 6.07) is 0. The van der Waals surface area contributed by atoms with Crippen LogP contribution in [0.15, 0.2) is 0 Å². The standard InChI is InChI=1S/C4H6F2I2/c5-3(7)1-2-4(6)8/h3-4H,1-2H2. The zero-order chi connectivity index (χ0) is 6.57. The molecule has 0 rings (SSSR count). The van der Waals surface area contributed by atoms with Crippen LogP contribution in [0.25, 0.3) is 0 Å². The highest BCUT2D eigenvalue weighted by Gasteiger charge is 2.04. The second-order valence-electron chi connectivity index (χ2n) is 1.36. The van der Waals surface area contributed by atoms with E-state index < -0.39 is 8.36 Å². The Morgan fingerprint density at radius 1 is 1.00 bits per heavy atom. The Bertz CT molecular complexity index is 48.0. The van der Waals surface area contributed by atoms with Gasteiger partial charge in [-0.3, -0.25) is 0 Å². The first-order chi connectivity index (χ1) is 3.63. The maximum Gasteiger partial charge on any atom is 0.151 e. The van der Waals surface area contributed by atoms with E-state index in [0.29, 0.717) is 12.8 Å². The van der Waals surface area contributed by atoms with E-state index in [1.807, 2.05) is 0 Å². The molecule has 0 nitrogen and oxygen atoms in total. The maximum atomic E-state index is 11.9. The third kappa shape index (κ3) is 7.32. The number of rotatable bonds is 3. The lowest BCUT2D eigenvalue weighted by molar-refractivity contribution is 0.384. The van der Waals surface area contributed by atoms with Gasteiger partial charge in [0.25, 0.3) is 0 Å². The monoisotopic (exact) mass is 346 g/mol. The van der Waals surface area contributed by atoms with Crippen LogP contribution >= 0.6 is 45.2 Å². The highest BCUT2D eigenvalue weighted by Crippen LogP contribution is 2.16. The lowest BCUT2D eigenvalue weighted by atomic mass is 10.4. The van der Waals surface area contributed by atoms with Gasteiger partial charge in [0.2, 0.25) is 0 Å². The van der Waals surface area contributed by atoms with Gasteiger partial charge in [0, 0.05) is 0 Å². The third-order valence-electron chi connectivity index (χ3n) is 0.603. The molecule has 0 aliphatic heterocycles. The van der Waals surface area contributed by atoms with Gasteiger partial charge in [-0.1, -0.05) is 0 Å². The van der Waals surface area contributed by atoms with Crippen molar-refractivity contribution in [3.8, 4) is 0 Å². The van der Waals surface area contributed by atoms with Crippen molar-refractivity contribution in [3.63, 3.8) is 0 Å². The van der Waals surface area contributed by atoms with E-state index in [1.54, 1.807) is 45.2 Å². The fraction of sp³-hybridized carbons (Fsp3) is 1.00. The molecule has 0 spiro atoms. The molecule has 0 radical (unpaired) electrons. The lowest BCUT2D eigenvalue weighted by Crippen LogP contribution is -1.92. The average molecular weight is 346 g/mol. The predicted octanol–water partition coefficient (Wildman–Crippen LogP) is 3.23. The van der Waals surface area contributed by atoms with Gasteiger partial charge >= 0.3 is 0 Å². The van der Waals surface area contributed by atoms with E-state index in [1.165, 1.54) is 0 Å². The minimum Gasteiger partial charge on any atom is -0.236 e. The molecule has 0 bridgehead atoms. The highest BCUT2D eigenvalue weighted by molar-refractivity contribution is 14.1. The summed E-state index contributed by atoms with van der Waals surface area (Å²) in [5.41, 5.74) is 0. The van der Waals surface area contributed by atoms with Crippen molar-refractivity contribution in [1.29, 1.82) is 0 Å². The van der Waals surface area contributed by atoms with E-state index >= 15 is 0 Å². The summed E-state index contributed by atoms with van der Waals surface area (Å²) in [5.74, 6) is 0. The molecule has 0 saturated carbocycles. The Labute approximate surface area is 74.7 Å². The van der Waals surface area contributed by atoms with E-state index in [-0.39, 0.29) is 0 Å². The second kappa shape index (κ2) is 5.13. The fourth-order valence-corrected chi connectivity index (χ4v) is 0.971. The van der Waals surface area contributed by atoms with Crippen LogP contribution in [0.4, 0.5) is 8.78 Å². The molecule has 2 atom stereocenters. The van der Waals surface area contributed by atoms with Gasteiger partial charge in [0.05, 0.1) is 0 Å². The first-order valence-electron chi connectivity index (χ1n) is 2.19. The van der Waals surface area contributed by atoms with Crippen LogP contribution < -0.4 is 0 Å². The average Bonchev–Trinajstić information content (AvgIpc) is 1.61. The molecule has 0 aliphatic rings. The topological polar surface area (TPSA) is 0 Å². The molecule has 0 amide bonds. The summed E-state index contributed by atoms with van der Waals surface area (Å²) in [4.78, 5) is 0. The molecular weight excluding hydrogens is 340 g/mol. The van der Waals surface area contributed by atoms with Crippen LogP contribution in [-0.2, 0) is 0 Å². The number of hydrogen-bond donors (Lipinski definition) is 0. The summed E-state index contributed by atoms with van der Waals surface area (Å²) in [6.45, 7) is 0. The SMILES string of the molecule is FC(I)CCC(F)I. The van der Waals surface area contributed by atoms with E-state index in [9.17, 15) is 8.78 Å². The molecule has 2 unspecified atom stereocenters. The molecule has 8 heavy (non-hydrogen) atoms. The quantitative estimate of drug-likeness (QED) is 0.544. The summed E-state index contributed by atoms with van der Waals surface area (Å²) in [6.07, 6.45) is 0.648. The fourth-order valence-electron chi connectivity index (χ4n) is 0.252. The molecule has 0 N–H and O–H groups in total. The summed E-state index contributed by atoms with van der Waals surface area (Å²) in [5, 5.41) is 0. The summed E-state index contributed by atoms with van der Waals surface area (Å²) in [7, 11) is 0. The van der Waals surface area contributed by atoms with Gasteiger partial charge in [-0.15, -0.1) is 0 Å². The number of alkyl halides is 4. The Balaban J connectivity index is 2.93. The van der Waals surface area contributed by atoms with Crippen molar-refractivity contribution in [2.75, 3.05) is 0 Å². The van der Waals surface area contributed by atoms with Crippen LogP contribution in [-0.4, -0.2) is 8.36 Å². The van der Waals surface area contributed by atoms with Gasteiger partial charge in [-0.25, -0.2) is 8.78 Å². The molecule has 0 aromatic heterocycles. The number of hydrogen-bond acceptors (Lipinski definition) is 0. The molecule has 0 aromatic carbocycles. The van der Waals surface area contributed by atoms with Gasteiger partial charge in [0.15, 0.2) is 8.36 Å². The van der Waals surface area contributed by atoms with Crippen molar-refractivity contribution in [1.82, 2.24) is 0 Å². The Morgan fingerprint density at radius 2 is 1.25 bits per heavy atom. The van der Waals surface area contributed by atoms with Crippen LogP contribution in [0.3, 0.4) is 0 Å². The smallest absolute Gasteiger partial charge is 0.151 e. The number of halogens is 4. The molecule has 0 fully saturated rings. The minimum atomic E-state index is -0.888. The zero-order valence-electron chi connectivity index (χ0n) is 4.08. The highest BCUT2D eigenvalue weighted by atomic mass is 127. The Kier molecular flexibility index (Phi) is 5.98.